The summed E-state index contributed by atoms with van der Waals surface area (Å²) in [6.07, 6.45) is -0.961. The van der Waals surface area contributed by atoms with Gasteiger partial charge in [-0.15, -0.1) is 11.6 Å². The second kappa shape index (κ2) is 10.0. The van der Waals surface area contributed by atoms with E-state index < -0.39 is 18.1 Å². The van der Waals surface area contributed by atoms with Crippen molar-refractivity contribution in [1.82, 2.24) is 5.32 Å². The van der Waals surface area contributed by atoms with E-state index in [0.29, 0.717) is 0 Å². The first-order valence-electron chi connectivity index (χ1n) is 6.79. The van der Waals surface area contributed by atoms with Gasteiger partial charge in [0.05, 0.1) is 19.8 Å². The number of carbonyl (C=O) groups is 2. The van der Waals surface area contributed by atoms with Crippen LogP contribution >= 0.6 is 11.6 Å². The van der Waals surface area contributed by atoms with Crippen LogP contribution in [-0.2, 0) is 25.6 Å². The Morgan fingerprint density at radius 3 is 2.55 bits per heavy atom. The summed E-state index contributed by atoms with van der Waals surface area (Å²) in [5.41, 5.74) is 0.847. The number of rotatable bonds is 8. The highest BCUT2D eigenvalue weighted by Crippen LogP contribution is 2.02. The van der Waals surface area contributed by atoms with Crippen LogP contribution in [0.2, 0.25) is 0 Å². The molecular weight excluding hydrogens is 310 g/mol. The van der Waals surface area contributed by atoms with Crippen LogP contribution in [0.4, 0.5) is 4.79 Å². The van der Waals surface area contributed by atoms with Gasteiger partial charge in [0, 0.05) is 5.88 Å². The first kappa shape index (κ1) is 18.3. The van der Waals surface area contributed by atoms with Crippen LogP contribution in [0.5, 0.6) is 0 Å². The number of ether oxygens (including phenoxy) is 3. The molecule has 1 unspecified atom stereocenters. The molecule has 1 rings (SSSR count). The Morgan fingerprint density at radius 2 is 1.95 bits per heavy atom. The number of benzene rings is 1. The normalized spacial score (nSPS) is 13.0. The summed E-state index contributed by atoms with van der Waals surface area (Å²) >= 11 is 5.62. The predicted octanol–water partition coefficient (Wildman–Crippen LogP) is 2.10. The van der Waals surface area contributed by atoms with Crippen LogP contribution < -0.4 is 5.32 Å². The van der Waals surface area contributed by atoms with Crippen molar-refractivity contribution in [1.29, 1.82) is 0 Å². The van der Waals surface area contributed by atoms with E-state index in [1.807, 2.05) is 30.3 Å². The highest BCUT2D eigenvalue weighted by Gasteiger charge is 2.23. The Bertz CT molecular complexity index is 468. The predicted molar refractivity (Wildman–Crippen MR) is 81.7 cm³/mol. The maximum Gasteiger partial charge on any atom is 0.408 e. The first-order valence-corrected chi connectivity index (χ1v) is 7.33. The third-order valence-corrected chi connectivity index (χ3v) is 3.19. The van der Waals surface area contributed by atoms with Gasteiger partial charge in [0.25, 0.3) is 0 Å². The van der Waals surface area contributed by atoms with Gasteiger partial charge in [-0.25, -0.2) is 9.59 Å². The van der Waals surface area contributed by atoms with Crippen LogP contribution in [0.15, 0.2) is 30.3 Å². The van der Waals surface area contributed by atoms with E-state index in [1.165, 1.54) is 7.11 Å². The minimum atomic E-state index is -0.945. The SMILES string of the molecule is COC(=O)[C@@H](COC(C)CCl)NC(=O)OCc1ccccc1. The zero-order valence-electron chi connectivity index (χ0n) is 12.6. The fraction of sp³-hybridized carbons (Fsp3) is 0.467. The maximum absolute atomic E-state index is 11.7. The molecular formula is C15H20ClNO5. The maximum atomic E-state index is 11.7. The number of alkyl carbamates (subject to hydrolysis) is 1. The largest absolute Gasteiger partial charge is 0.467 e. The van der Waals surface area contributed by atoms with Crippen LogP contribution in [0, 0.1) is 0 Å². The smallest absolute Gasteiger partial charge is 0.408 e. The lowest BCUT2D eigenvalue weighted by Gasteiger charge is -2.18. The molecule has 0 saturated carbocycles. The molecule has 22 heavy (non-hydrogen) atoms. The highest BCUT2D eigenvalue weighted by atomic mass is 35.5. The zero-order valence-corrected chi connectivity index (χ0v) is 13.3. The van der Waals surface area contributed by atoms with Gasteiger partial charge < -0.3 is 19.5 Å². The number of amides is 1. The average Bonchev–Trinajstić information content (AvgIpc) is 2.56. The molecule has 0 fully saturated rings. The third-order valence-electron chi connectivity index (χ3n) is 2.76. The molecule has 0 saturated heterocycles. The number of alkyl halides is 1. The van der Waals surface area contributed by atoms with Crippen LogP contribution in [-0.4, -0.2) is 43.8 Å². The van der Waals surface area contributed by atoms with Crippen molar-refractivity contribution in [3.8, 4) is 0 Å². The Balaban J connectivity index is 2.46. The average molecular weight is 330 g/mol. The molecule has 0 aliphatic carbocycles. The number of methoxy groups -OCH3 is 1. The fourth-order valence-electron chi connectivity index (χ4n) is 1.52. The summed E-state index contributed by atoms with van der Waals surface area (Å²) in [5.74, 6) is -0.328. The van der Waals surface area contributed by atoms with Crippen LogP contribution in [0.1, 0.15) is 12.5 Å². The molecule has 1 amide bonds. The second-order valence-electron chi connectivity index (χ2n) is 4.58. The number of nitrogens with one attached hydrogen (secondary N) is 1. The highest BCUT2D eigenvalue weighted by molar-refractivity contribution is 6.18. The number of carbonyl (C=O) groups excluding carboxylic acids is 2. The monoisotopic (exact) mass is 329 g/mol. The van der Waals surface area contributed by atoms with Crippen molar-refractivity contribution in [2.45, 2.75) is 25.7 Å². The van der Waals surface area contributed by atoms with E-state index >= 15 is 0 Å². The summed E-state index contributed by atoms with van der Waals surface area (Å²) in [5, 5.41) is 2.41. The van der Waals surface area contributed by atoms with Crippen molar-refractivity contribution in [3.63, 3.8) is 0 Å². The molecule has 2 atom stereocenters. The molecule has 0 aliphatic heterocycles. The quantitative estimate of drug-likeness (QED) is 0.584. The lowest BCUT2D eigenvalue weighted by Crippen LogP contribution is -2.45. The fourth-order valence-corrected chi connectivity index (χ4v) is 1.61. The molecule has 0 aliphatic rings. The molecule has 7 heteroatoms. The summed E-state index contributed by atoms with van der Waals surface area (Å²) in [6, 6.07) is 8.27. The van der Waals surface area contributed by atoms with E-state index in [9.17, 15) is 9.59 Å². The topological polar surface area (TPSA) is 73.9 Å². The van der Waals surface area contributed by atoms with E-state index in [2.05, 4.69) is 10.1 Å². The second-order valence-corrected chi connectivity index (χ2v) is 4.89. The molecule has 1 aromatic rings. The van der Waals surface area contributed by atoms with Crippen molar-refractivity contribution < 1.29 is 23.8 Å². The number of hydrogen-bond acceptors (Lipinski definition) is 5. The minimum Gasteiger partial charge on any atom is -0.467 e. The number of esters is 1. The van der Waals surface area contributed by atoms with Gasteiger partial charge in [-0.2, -0.15) is 0 Å². The third kappa shape index (κ3) is 6.78. The molecule has 1 aromatic carbocycles. The van der Waals surface area contributed by atoms with Gasteiger partial charge in [0.1, 0.15) is 6.61 Å². The van der Waals surface area contributed by atoms with Crippen molar-refractivity contribution in [2.24, 2.45) is 0 Å². The van der Waals surface area contributed by atoms with Crippen molar-refractivity contribution in [3.05, 3.63) is 35.9 Å². The molecule has 0 radical (unpaired) electrons. The summed E-state index contributed by atoms with van der Waals surface area (Å²) < 4.78 is 15.0. The number of halogens is 1. The van der Waals surface area contributed by atoms with E-state index in [1.54, 1.807) is 6.92 Å². The Hall–Kier alpha value is -1.79. The molecule has 1 N–H and O–H groups in total. The summed E-state index contributed by atoms with van der Waals surface area (Å²) in [6.45, 7) is 1.83. The van der Waals surface area contributed by atoms with Gasteiger partial charge in [-0.3, -0.25) is 0 Å². The van der Waals surface area contributed by atoms with Crippen LogP contribution in [0.25, 0.3) is 0 Å². The van der Waals surface area contributed by atoms with Gasteiger partial charge in [-0.05, 0) is 12.5 Å². The van der Waals surface area contributed by atoms with Crippen molar-refractivity contribution >= 4 is 23.7 Å². The van der Waals surface area contributed by atoms with E-state index in [-0.39, 0.29) is 25.2 Å². The van der Waals surface area contributed by atoms with Gasteiger partial charge in [0.15, 0.2) is 6.04 Å². The molecule has 0 bridgehead atoms. The molecule has 6 nitrogen and oxygen atoms in total. The Labute approximate surface area is 134 Å². The lowest BCUT2D eigenvalue weighted by molar-refractivity contribution is -0.145. The molecule has 122 valence electrons. The van der Waals surface area contributed by atoms with Gasteiger partial charge in [0.2, 0.25) is 0 Å². The Morgan fingerprint density at radius 1 is 1.27 bits per heavy atom. The van der Waals surface area contributed by atoms with Crippen molar-refractivity contribution in [2.75, 3.05) is 19.6 Å². The number of hydrogen-bond donors (Lipinski definition) is 1. The molecule has 0 spiro atoms. The van der Waals surface area contributed by atoms with E-state index in [4.69, 9.17) is 21.1 Å². The van der Waals surface area contributed by atoms with Gasteiger partial charge in [-0.1, -0.05) is 30.3 Å². The summed E-state index contributed by atoms with van der Waals surface area (Å²) in [4.78, 5) is 23.4. The lowest BCUT2D eigenvalue weighted by atomic mass is 10.2. The standard InChI is InChI=1S/C15H20ClNO5/c1-11(8-16)21-10-13(14(18)20-2)17-15(19)22-9-12-6-4-3-5-7-12/h3-7,11,13H,8-10H2,1-2H3,(H,17,19)/t11?,13-/m1/s1. The van der Waals surface area contributed by atoms with Crippen LogP contribution in [0.3, 0.4) is 0 Å². The minimum absolute atomic E-state index is 0.0407. The van der Waals surface area contributed by atoms with Gasteiger partial charge >= 0.3 is 12.1 Å². The zero-order chi connectivity index (χ0) is 16.4. The summed E-state index contributed by atoms with van der Waals surface area (Å²) in [7, 11) is 1.23. The Kier molecular flexibility index (Phi) is 8.32. The molecule has 0 aromatic heterocycles. The molecule has 0 heterocycles. The van der Waals surface area contributed by atoms with E-state index in [0.717, 1.165) is 5.56 Å². The first-order chi connectivity index (χ1) is 10.6.